The fourth-order valence-electron chi connectivity index (χ4n) is 6.48. The van der Waals surface area contributed by atoms with E-state index in [1.807, 2.05) is 33.8 Å². The van der Waals surface area contributed by atoms with Crippen molar-refractivity contribution in [3.63, 3.8) is 0 Å². The van der Waals surface area contributed by atoms with E-state index >= 15 is 0 Å². The minimum absolute atomic E-state index is 0.246. The minimum atomic E-state index is -1.13. The zero-order valence-corrected chi connectivity index (χ0v) is 22.6. The molecule has 0 aliphatic carbocycles. The molecule has 2 amide bonds. The van der Waals surface area contributed by atoms with Gasteiger partial charge in [0.05, 0.1) is 30.8 Å². The van der Waals surface area contributed by atoms with Crippen molar-refractivity contribution in [1.82, 2.24) is 9.80 Å². The number of likely N-dealkylation sites (tertiary alicyclic amines) is 1. The SMILES string of the molecule is C=CCCCCOC(=O)[C@@H]1[C@H]2C(=O)N([C@H](C)CO)C(C(=O)N(CC=C)C(C)(C)C)C23CC[C@@]1(CC)O3. The highest BCUT2D eigenvalue weighted by Gasteiger charge is 2.79. The van der Waals surface area contributed by atoms with Gasteiger partial charge in [0.1, 0.15) is 17.6 Å². The summed E-state index contributed by atoms with van der Waals surface area (Å²) in [5.41, 5.74) is -2.50. The number of unbranched alkanes of at least 4 members (excludes halogenated alkanes) is 2. The van der Waals surface area contributed by atoms with E-state index in [1.54, 1.807) is 17.9 Å². The summed E-state index contributed by atoms with van der Waals surface area (Å²) in [6.45, 7) is 17.3. The van der Waals surface area contributed by atoms with Crippen LogP contribution in [0.15, 0.2) is 25.3 Å². The molecule has 2 bridgehead atoms. The van der Waals surface area contributed by atoms with E-state index in [0.29, 0.717) is 32.2 Å². The third-order valence-corrected chi connectivity index (χ3v) is 8.28. The summed E-state index contributed by atoms with van der Waals surface area (Å²) < 4.78 is 12.4. The Hall–Kier alpha value is -2.19. The van der Waals surface area contributed by atoms with Crippen LogP contribution in [0, 0.1) is 11.8 Å². The van der Waals surface area contributed by atoms with Gasteiger partial charge in [-0.05, 0) is 66.2 Å². The molecule has 0 aromatic heterocycles. The third-order valence-electron chi connectivity index (χ3n) is 8.28. The smallest absolute Gasteiger partial charge is 0.312 e. The number of esters is 1. The molecule has 0 aromatic rings. The molecule has 1 spiro atoms. The monoisotopic (exact) mass is 504 g/mol. The molecule has 3 heterocycles. The number of ether oxygens (including phenoxy) is 2. The second-order valence-electron chi connectivity index (χ2n) is 11.5. The van der Waals surface area contributed by atoms with Gasteiger partial charge in [-0.3, -0.25) is 14.4 Å². The lowest BCUT2D eigenvalue weighted by atomic mass is 9.65. The number of aliphatic hydroxyl groups is 1. The molecule has 1 N–H and O–H groups in total. The quantitative estimate of drug-likeness (QED) is 0.249. The number of carbonyl (C=O) groups is 3. The first-order valence-electron chi connectivity index (χ1n) is 13.3. The first-order chi connectivity index (χ1) is 17.0. The van der Waals surface area contributed by atoms with Crippen LogP contribution in [-0.2, 0) is 23.9 Å². The van der Waals surface area contributed by atoms with E-state index in [2.05, 4.69) is 13.2 Å². The Kier molecular flexibility index (Phi) is 8.40. The highest BCUT2D eigenvalue weighted by molar-refractivity contribution is 5.99. The zero-order valence-electron chi connectivity index (χ0n) is 22.6. The van der Waals surface area contributed by atoms with E-state index in [4.69, 9.17) is 9.47 Å². The largest absolute Gasteiger partial charge is 0.465 e. The van der Waals surface area contributed by atoms with Crippen molar-refractivity contribution < 1.29 is 29.0 Å². The van der Waals surface area contributed by atoms with Crippen molar-refractivity contribution in [3.8, 4) is 0 Å². The van der Waals surface area contributed by atoms with Gasteiger partial charge >= 0.3 is 5.97 Å². The van der Waals surface area contributed by atoms with Gasteiger partial charge in [-0.2, -0.15) is 0 Å². The Morgan fingerprint density at radius 1 is 1.28 bits per heavy atom. The van der Waals surface area contributed by atoms with Crippen LogP contribution in [0.1, 0.15) is 73.1 Å². The summed E-state index contributed by atoms with van der Waals surface area (Å²) in [6.07, 6.45) is 7.55. The van der Waals surface area contributed by atoms with E-state index in [-0.39, 0.29) is 25.0 Å². The Morgan fingerprint density at radius 2 is 1.97 bits per heavy atom. The number of hydrogen-bond donors (Lipinski definition) is 1. The number of rotatable bonds is 12. The van der Waals surface area contributed by atoms with Crippen LogP contribution in [0.25, 0.3) is 0 Å². The molecule has 8 nitrogen and oxygen atoms in total. The van der Waals surface area contributed by atoms with E-state index in [1.165, 1.54) is 4.90 Å². The van der Waals surface area contributed by atoms with Crippen molar-refractivity contribution >= 4 is 17.8 Å². The second-order valence-corrected chi connectivity index (χ2v) is 11.5. The molecule has 0 aromatic carbocycles. The Bertz CT molecular complexity index is 882. The van der Waals surface area contributed by atoms with Gasteiger partial charge in [0, 0.05) is 12.1 Å². The van der Waals surface area contributed by atoms with Crippen LogP contribution in [0.5, 0.6) is 0 Å². The van der Waals surface area contributed by atoms with Crippen molar-refractivity contribution in [2.24, 2.45) is 11.8 Å². The van der Waals surface area contributed by atoms with Crippen LogP contribution in [0.4, 0.5) is 0 Å². The molecule has 3 rings (SSSR count). The number of allylic oxidation sites excluding steroid dienone is 1. The molecule has 3 aliphatic rings. The lowest BCUT2D eigenvalue weighted by molar-refractivity contribution is -0.164. The summed E-state index contributed by atoms with van der Waals surface area (Å²) in [7, 11) is 0. The van der Waals surface area contributed by atoms with Crippen molar-refractivity contribution in [1.29, 1.82) is 0 Å². The molecular weight excluding hydrogens is 460 g/mol. The fourth-order valence-corrected chi connectivity index (χ4v) is 6.48. The molecule has 2 unspecified atom stereocenters. The molecule has 202 valence electrons. The number of fused-ring (bicyclic) bond motifs is 1. The number of amides is 2. The fraction of sp³-hybridized carbons (Fsp3) is 0.750. The van der Waals surface area contributed by atoms with Gasteiger partial charge < -0.3 is 24.4 Å². The molecule has 8 heteroatoms. The number of carbonyl (C=O) groups excluding carboxylic acids is 3. The van der Waals surface area contributed by atoms with Gasteiger partial charge in [0.25, 0.3) is 0 Å². The van der Waals surface area contributed by atoms with E-state index < -0.39 is 46.6 Å². The zero-order chi connectivity index (χ0) is 26.9. The molecular formula is C28H44N2O6. The molecule has 6 atom stereocenters. The summed E-state index contributed by atoms with van der Waals surface area (Å²) in [6, 6.07) is -1.54. The van der Waals surface area contributed by atoms with E-state index in [9.17, 15) is 19.5 Å². The molecule has 0 radical (unpaired) electrons. The predicted molar refractivity (Wildman–Crippen MR) is 137 cm³/mol. The van der Waals surface area contributed by atoms with Crippen molar-refractivity contribution in [2.75, 3.05) is 19.8 Å². The van der Waals surface area contributed by atoms with Crippen molar-refractivity contribution in [3.05, 3.63) is 25.3 Å². The standard InChI is InChI=1S/C28H44N2O6/c1-8-11-12-13-17-35-25(34)21-20-23(32)30(19(4)18-31)22(24(33)29(16-9-2)26(5,6)7)28(20)15-14-27(21,10-3)36-28/h8-9,19-22,31H,1-2,10-18H2,3-7H3/t19-,20+,21+,22?,27-,28?/m1/s1. The molecule has 3 saturated heterocycles. The maximum absolute atomic E-state index is 14.2. The summed E-state index contributed by atoms with van der Waals surface area (Å²) in [5, 5.41) is 10.0. The van der Waals surface area contributed by atoms with Crippen LogP contribution in [0.3, 0.4) is 0 Å². The summed E-state index contributed by atoms with van der Waals surface area (Å²) >= 11 is 0. The molecule has 3 fully saturated rings. The molecule has 0 saturated carbocycles. The van der Waals surface area contributed by atoms with Crippen LogP contribution in [0.2, 0.25) is 0 Å². The highest BCUT2D eigenvalue weighted by atomic mass is 16.6. The lowest BCUT2D eigenvalue weighted by Gasteiger charge is -2.43. The van der Waals surface area contributed by atoms with Gasteiger partial charge in [0.2, 0.25) is 11.8 Å². The Balaban J connectivity index is 2.03. The first-order valence-corrected chi connectivity index (χ1v) is 13.3. The maximum atomic E-state index is 14.2. The third kappa shape index (κ3) is 4.51. The van der Waals surface area contributed by atoms with E-state index in [0.717, 1.165) is 12.8 Å². The van der Waals surface area contributed by atoms with Gasteiger partial charge in [0.15, 0.2) is 0 Å². The number of hydrogen-bond acceptors (Lipinski definition) is 6. The minimum Gasteiger partial charge on any atom is -0.465 e. The van der Waals surface area contributed by atoms with Crippen molar-refractivity contribution in [2.45, 2.75) is 102 Å². The van der Waals surface area contributed by atoms with Gasteiger partial charge in [-0.25, -0.2) is 0 Å². The highest BCUT2D eigenvalue weighted by Crippen LogP contribution is 2.64. The molecule has 36 heavy (non-hydrogen) atoms. The van der Waals surface area contributed by atoms with Gasteiger partial charge in [-0.1, -0.05) is 19.1 Å². The Labute approximate surface area is 215 Å². The first kappa shape index (κ1) is 28.4. The normalized spacial score (nSPS) is 31.8. The average Bonchev–Trinajstić information content (AvgIpc) is 3.44. The van der Waals surface area contributed by atoms with Crippen LogP contribution in [-0.4, -0.2) is 81.3 Å². The number of aliphatic hydroxyl groups excluding tert-OH is 1. The second kappa shape index (κ2) is 10.7. The average molecular weight is 505 g/mol. The number of nitrogens with zero attached hydrogens (tertiary/aromatic N) is 2. The summed E-state index contributed by atoms with van der Waals surface area (Å²) in [4.78, 5) is 44.9. The lowest BCUT2D eigenvalue weighted by Crippen LogP contribution is -2.61. The summed E-state index contributed by atoms with van der Waals surface area (Å²) in [5.74, 6) is -2.59. The molecule has 3 aliphatic heterocycles. The van der Waals surface area contributed by atoms with Crippen LogP contribution < -0.4 is 0 Å². The van der Waals surface area contributed by atoms with Gasteiger partial charge in [-0.15, -0.1) is 13.2 Å². The van der Waals surface area contributed by atoms with Crippen LogP contribution >= 0.6 is 0 Å². The maximum Gasteiger partial charge on any atom is 0.312 e. The predicted octanol–water partition coefficient (Wildman–Crippen LogP) is 3.23. The Morgan fingerprint density at radius 3 is 2.53 bits per heavy atom. The topological polar surface area (TPSA) is 96.4 Å².